The number of halogens is 2. The van der Waals surface area contributed by atoms with Crippen molar-refractivity contribution >= 4 is 21.8 Å². The highest BCUT2D eigenvalue weighted by molar-refractivity contribution is 9.10. The standard InChI is InChI=1S/C15H14BrFN2O2/c1-9(11-8-10(17)6-7-13(11)21-2)18-15(20)12-4-3-5-14(16)19-12/h3-9H,1-2H3,(H,18,20). The first-order valence-corrected chi connectivity index (χ1v) is 7.07. The van der Waals surface area contributed by atoms with Crippen LogP contribution >= 0.6 is 15.9 Å². The van der Waals surface area contributed by atoms with Crippen LogP contribution in [0.2, 0.25) is 0 Å². The van der Waals surface area contributed by atoms with Crippen molar-refractivity contribution in [3.63, 3.8) is 0 Å². The zero-order chi connectivity index (χ0) is 15.4. The van der Waals surface area contributed by atoms with Crippen molar-refractivity contribution in [3.8, 4) is 5.75 Å². The Bertz CT molecular complexity index is 664. The lowest BCUT2D eigenvalue weighted by Gasteiger charge is -2.17. The number of nitrogens with zero attached hydrogens (tertiary/aromatic N) is 1. The van der Waals surface area contributed by atoms with Crippen molar-refractivity contribution in [2.24, 2.45) is 0 Å². The second-order valence-electron chi connectivity index (χ2n) is 4.43. The van der Waals surface area contributed by atoms with Crippen LogP contribution in [-0.4, -0.2) is 18.0 Å². The highest BCUT2D eigenvalue weighted by atomic mass is 79.9. The van der Waals surface area contributed by atoms with E-state index in [1.807, 2.05) is 0 Å². The predicted molar refractivity (Wildman–Crippen MR) is 80.8 cm³/mol. The molecule has 4 nitrogen and oxygen atoms in total. The Labute approximate surface area is 130 Å². The summed E-state index contributed by atoms with van der Waals surface area (Å²) in [6, 6.07) is 8.84. The molecule has 110 valence electrons. The number of rotatable bonds is 4. The molecule has 0 saturated heterocycles. The minimum absolute atomic E-state index is 0.284. The summed E-state index contributed by atoms with van der Waals surface area (Å²) < 4.78 is 19.1. The van der Waals surface area contributed by atoms with Gasteiger partial charge < -0.3 is 10.1 Å². The van der Waals surface area contributed by atoms with Crippen LogP contribution < -0.4 is 10.1 Å². The number of methoxy groups -OCH3 is 1. The Morgan fingerprint density at radius 3 is 2.81 bits per heavy atom. The molecule has 1 heterocycles. The zero-order valence-electron chi connectivity index (χ0n) is 11.6. The minimum Gasteiger partial charge on any atom is -0.496 e. The largest absolute Gasteiger partial charge is 0.496 e. The molecule has 21 heavy (non-hydrogen) atoms. The fourth-order valence-corrected chi connectivity index (χ4v) is 2.27. The summed E-state index contributed by atoms with van der Waals surface area (Å²) in [4.78, 5) is 16.2. The van der Waals surface area contributed by atoms with E-state index in [0.717, 1.165) is 0 Å². The molecular formula is C15H14BrFN2O2. The first kappa shape index (κ1) is 15.4. The van der Waals surface area contributed by atoms with E-state index < -0.39 is 6.04 Å². The minimum atomic E-state index is -0.413. The Morgan fingerprint density at radius 2 is 2.14 bits per heavy atom. The van der Waals surface area contributed by atoms with Crippen molar-refractivity contribution in [1.29, 1.82) is 0 Å². The molecule has 0 aliphatic rings. The van der Waals surface area contributed by atoms with Gasteiger partial charge in [0.1, 0.15) is 21.9 Å². The normalized spacial score (nSPS) is 11.8. The van der Waals surface area contributed by atoms with Crippen molar-refractivity contribution in [2.45, 2.75) is 13.0 Å². The van der Waals surface area contributed by atoms with E-state index in [1.54, 1.807) is 25.1 Å². The lowest BCUT2D eigenvalue weighted by atomic mass is 10.1. The van der Waals surface area contributed by atoms with Crippen LogP contribution in [0.25, 0.3) is 0 Å². The summed E-state index contributed by atoms with van der Waals surface area (Å²) >= 11 is 3.21. The second kappa shape index (κ2) is 6.67. The molecule has 1 aromatic heterocycles. The number of hydrogen-bond donors (Lipinski definition) is 1. The maximum atomic E-state index is 13.4. The number of hydrogen-bond acceptors (Lipinski definition) is 3. The number of benzene rings is 1. The molecule has 0 bridgehead atoms. The topological polar surface area (TPSA) is 51.2 Å². The van der Waals surface area contributed by atoms with E-state index in [2.05, 4.69) is 26.2 Å². The molecule has 0 fully saturated rings. The van der Waals surface area contributed by atoms with Gasteiger partial charge in [-0.15, -0.1) is 0 Å². The van der Waals surface area contributed by atoms with Crippen LogP contribution in [0.3, 0.4) is 0 Å². The van der Waals surface area contributed by atoms with Gasteiger partial charge in [0.15, 0.2) is 0 Å². The predicted octanol–water partition coefficient (Wildman–Crippen LogP) is 3.48. The number of ether oxygens (including phenoxy) is 1. The van der Waals surface area contributed by atoms with Crippen LogP contribution in [0.1, 0.15) is 29.0 Å². The Hall–Kier alpha value is -1.95. The molecule has 0 saturated carbocycles. The molecule has 1 amide bonds. The van der Waals surface area contributed by atoms with Gasteiger partial charge in [0, 0.05) is 5.56 Å². The molecule has 1 atom stereocenters. The van der Waals surface area contributed by atoms with E-state index in [1.165, 1.54) is 25.3 Å². The maximum absolute atomic E-state index is 13.4. The lowest BCUT2D eigenvalue weighted by molar-refractivity contribution is 0.0934. The Kier molecular flexibility index (Phi) is 4.90. The van der Waals surface area contributed by atoms with Crippen LogP contribution in [0, 0.1) is 5.82 Å². The maximum Gasteiger partial charge on any atom is 0.270 e. The van der Waals surface area contributed by atoms with E-state index in [-0.39, 0.29) is 17.4 Å². The number of carbonyl (C=O) groups is 1. The van der Waals surface area contributed by atoms with Crippen LogP contribution in [0.15, 0.2) is 41.0 Å². The highest BCUT2D eigenvalue weighted by Gasteiger charge is 2.16. The first-order valence-electron chi connectivity index (χ1n) is 6.28. The fourth-order valence-electron chi connectivity index (χ4n) is 1.93. The smallest absolute Gasteiger partial charge is 0.270 e. The fraction of sp³-hybridized carbons (Fsp3) is 0.200. The second-order valence-corrected chi connectivity index (χ2v) is 5.24. The van der Waals surface area contributed by atoms with Gasteiger partial charge >= 0.3 is 0 Å². The van der Waals surface area contributed by atoms with Crippen LogP contribution in [0.5, 0.6) is 5.75 Å². The molecule has 2 aromatic rings. The molecule has 6 heteroatoms. The Morgan fingerprint density at radius 1 is 1.38 bits per heavy atom. The summed E-state index contributed by atoms with van der Waals surface area (Å²) in [5, 5.41) is 2.77. The molecular weight excluding hydrogens is 339 g/mol. The molecule has 2 rings (SSSR count). The number of nitrogens with one attached hydrogen (secondary N) is 1. The summed E-state index contributed by atoms with van der Waals surface area (Å²) in [5.74, 6) is -0.200. The number of amides is 1. The SMILES string of the molecule is COc1ccc(F)cc1C(C)NC(=O)c1cccc(Br)n1. The molecule has 0 radical (unpaired) electrons. The average molecular weight is 353 g/mol. The third-order valence-electron chi connectivity index (χ3n) is 2.95. The van der Waals surface area contributed by atoms with Crippen molar-refractivity contribution < 1.29 is 13.9 Å². The van der Waals surface area contributed by atoms with Crippen molar-refractivity contribution in [2.75, 3.05) is 7.11 Å². The summed E-state index contributed by atoms with van der Waals surface area (Å²) in [7, 11) is 1.50. The third kappa shape index (κ3) is 3.78. The molecule has 1 unspecified atom stereocenters. The van der Waals surface area contributed by atoms with Crippen LogP contribution in [0.4, 0.5) is 4.39 Å². The quantitative estimate of drug-likeness (QED) is 0.857. The average Bonchev–Trinajstić information content (AvgIpc) is 2.47. The number of pyridine rings is 1. The number of aromatic nitrogens is 1. The van der Waals surface area contributed by atoms with Gasteiger partial charge in [-0.25, -0.2) is 9.37 Å². The van der Waals surface area contributed by atoms with Gasteiger partial charge in [-0.05, 0) is 53.2 Å². The van der Waals surface area contributed by atoms with Gasteiger partial charge in [-0.1, -0.05) is 6.07 Å². The van der Waals surface area contributed by atoms with Gasteiger partial charge in [0.2, 0.25) is 0 Å². The zero-order valence-corrected chi connectivity index (χ0v) is 13.1. The molecule has 0 aliphatic carbocycles. The summed E-state index contributed by atoms with van der Waals surface area (Å²) in [5.41, 5.74) is 0.854. The highest BCUT2D eigenvalue weighted by Crippen LogP contribution is 2.26. The van der Waals surface area contributed by atoms with Crippen molar-refractivity contribution in [3.05, 3.63) is 58.1 Å². The first-order chi connectivity index (χ1) is 10.0. The van der Waals surface area contributed by atoms with E-state index in [9.17, 15) is 9.18 Å². The van der Waals surface area contributed by atoms with Gasteiger partial charge in [0.05, 0.1) is 13.2 Å². The van der Waals surface area contributed by atoms with Gasteiger partial charge in [0.25, 0.3) is 5.91 Å². The van der Waals surface area contributed by atoms with Crippen LogP contribution in [-0.2, 0) is 0 Å². The molecule has 0 aliphatic heterocycles. The Balaban J connectivity index is 2.20. The van der Waals surface area contributed by atoms with Crippen molar-refractivity contribution in [1.82, 2.24) is 10.3 Å². The third-order valence-corrected chi connectivity index (χ3v) is 3.40. The molecule has 1 aromatic carbocycles. The van der Waals surface area contributed by atoms with Gasteiger partial charge in [-0.3, -0.25) is 4.79 Å². The summed E-state index contributed by atoms with van der Waals surface area (Å²) in [6.07, 6.45) is 0. The number of carbonyl (C=O) groups excluding carboxylic acids is 1. The van der Waals surface area contributed by atoms with Gasteiger partial charge in [-0.2, -0.15) is 0 Å². The van der Waals surface area contributed by atoms with E-state index in [0.29, 0.717) is 15.9 Å². The lowest BCUT2D eigenvalue weighted by Crippen LogP contribution is -2.27. The van der Waals surface area contributed by atoms with E-state index >= 15 is 0 Å². The molecule has 1 N–H and O–H groups in total. The molecule has 0 spiro atoms. The van der Waals surface area contributed by atoms with E-state index in [4.69, 9.17) is 4.74 Å². The monoisotopic (exact) mass is 352 g/mol. The summed E-state index contributed by atoms with van der Waals surface area (Å²) in [6.45, 7) is 1.76.